The lowest BCUT2D eigenvalue weighted by Gasteiger charge is -2.18. The van der Waals surface area contributed by atoms with Crippen molar-refractivity contribution in [2.75, 3.05) is 13.2 Å². The van der Waals surface area contributed by atoms with Crippen LogP contribution in [0, 0.1) is 0 Å². The summed E-state index contributed by atoms with van der Waals surface area (Å²) in [5.41, 5.74) is 0. The Bertz CT molecular complexity index is 1290. The second-order valence-corrected chi connectivity index (χ2v) is 18.1. The van der Waals surface area contributed by atoms with Gasteiger partial charge in [-0.05, 0) is 103 Å². The third kappa shape index (κ3) is 51.6. The largest absolute Gasteiger partial charge is 0.462 e. The zero-order valence-corrected chi connectivity index (χ0v) is 43.2. The average molecular weight is 919 g/mol. The highest BCUT2D eigenvalue weighted by molar-refractivity contribution is 5.71. The summed E-state index contributed by atoms with van der Waals surface area (Å²) in [6.07, 6.45) is 70.1. The molecule has 0 aromatic carbocycles. The Balaban J connectivity index is 4.47. The lowest BCUT2D eigenvalue weighted by molar-refractivity contribution is -0.166. The van der Waals surface area contributed by atoms with Gasteiger partial charge in [-0.25, -0.2) is 0 Å². The summed E-state index contributed by atoms with van der Waals surface area (Å²) in [4.78, 5) is 38.0. The summed E-state index contributed by atoms with van der Waals surface area (Å²) in [5.74, 6) is -1.01. The Morgan fingerprint density at radius 2 is 0.621 bits per heavy atom. The Morgan fingerprint density at radius 3 is 1.05 bits per heavy atom. The molecule has 1 unspecified atom stereocenters. The fraction of sp³-hybridized carbons (Fsp3) is 0.717. The molecule has 0 saturated carbocycles. The molecular formula is C60H102O6. The monoisotopic (exact) mass is 919 g/mol. The van der Waals surface area contributed by atoms with E-state index < -0.39 is 6.10 Å². The van der Waals surface area contributed by atoms with Crippen molar-refractivity contribution in [3.63, 3.8) is 0 Å². The molecule has 0 aliphatic carbocycles. The second kappa shape index (κ2) is 54.2. The van der Waals surface area contributed by atoms with Crippen molar-refractivity contribution in [2.45, 2.75) is 264 Å². The van der Waals surface area contributed by atoms with Gasteiger partial charge in [0.05, 0.1) is 0 Å². The molecule has 0 rings (SSSR count). The van der Waals surface area contributed by atoms with Crippen LogP contribution >= 0.6 is 0 Å². The minimum absolute atomic E-state index is 0.109. The Morgan fingerprint density at radius 1 is 0.318 bits per heavy atom. The lowest BCUT2D eigenvalue weighted by Crippen LogP contribution is -2.30. The highest BCUT2D eigenvalue weighted by Crippen LogP contribution is 2.14. The van der Waals surface area contributed by atoms with Crippen molar-refractivity contribution >= 4 is 17.9 Å². The van der Waals surface area contributed by atoms with E-state index in [0.29, 0.717) is 12.8 Å². The van der Waals surface area contributed by atoms with E-state index in [4.69, 9.17) is 14.2 Å². The van der Waals surface area contributed by atoms with Crippen molar-refractivity contribution in [3.8, 4) is 0 Å². The maximum Gasteiger partial charge on any atom is 0.306 e. The topological polar surface area (TPSA) is 78.9 Å². The van der Waals surface area contributed by atoms with Gasteiger partial charge in [-0.2, -0.15) is 0 Å². The summed E-state index contributed by atoms with van der Waals surface area (Å²) in [6.45, 7) is 6.44. The van der Waals surface area contributed by atoms with Crippen LogP contribution in [-0.2, 0) is 28.6 Å². The fourth-order valence-electron chi connectivity index (χ4n) is 7.48. The first kappa shape index (κ1) is 62.6. The molecule has 0 aromatic heterocycles. The molecule has 0 aromatic rings. The number of rotatable bonds is 49. The summed E-state index contributed by atoms with van der Waals surface area (Å²) in [5, 5.41) is 0. The molecule has 0 fully saturated rings. The van der Waals surface area contributed by atoms with Crippen molar-refractivity contribution in [1.82, 2.24) is 0 Å². The highest BCUT2D eigenvalue weighted by atomic mass is 16.6. The number of allylic oxidation sites excluding steroid dienone is 14. The predicted molar refractivity (Wildman–Crippen MR) is 284 cm³/mol. The second-order valence-electron chi connectivity index (χ2n) is 18.1. The highest BCUT2D eigenvalue weighted by Gasteiger charge is 2.19. The molecular weight excluding hydrogens is 817 g/mol. The van der Waals surface area contributed by atoms with E-state index in [0.717, 1.165) is 83.5 Å². The molecule has 0 bridgehead atoms. The van der Waals surface area contributed by atoms with Crippen molar-refractivity contribution < 1.29 is 28.6 Å². The van der Waals surface area contributed by atoms with Gasteiger partial charge in [-0.1, -0.05) is 221 Å². The molecule has 0 heterocycles. The fourth-order valence-corrected chi connectivity index (χ4v) is 7.48. The molecule has 0 aliphatic rings. The summed E-state index contributed by atoms with van der Waals surface area (Å²) in [7, 11) is 0. The summed E-state index contributed by atoms with van der Waals surface area (Å²) < 4.78 is 16.7. The summed E-state index contributed by atoms with van der Waals surface area (Å²) in [6, 6.07) is 0. The van der Waals surface area contributed by atoms with Crippen LogP contribution in [0.3, 0.4) is 0 Å². The number of carbonyl (C=O) groups is 3. The Kier molecular flexibility index (Phi) is 51.4. The van der Waals surface area contributed by atoms with Gasteiger partial charge in [-0.15, -0.1) is 0 Å². The van der Waals surface area contributed by atoms with Crippen molar-refractivity contribution in [1.29, 1.82) is 0 Å². The van der Waals surface area contributed by atoms with E-state index in [1.54, 1.807) is 0 Å². The molecule has 0 spiro atoms. The molecule has 0 amide bonds. The third-order valence-corrected chi connectivity index (χ3v) is 11.6. The first-order valence-corrected chi connectivity index (χ1v) is 27.6. The maximum atomic E-state index is 12.8. The number of esters is 3. The molecule has 0 N–H and O–H groups in total. The van der Waals surface area contributed by atoms with Crippen LogP contribution in [0.1, 0.15) is 258 Å². The molecule has 378 valence electrons. The molecule has 0 radical (unpaired) electrons. The van der Waals surface area contributed by atoms with Crippen molar-refractivity contribution in [3.05, 3.63) is 85.1 Å². The van der Waals surface area contributed by atoms with Gasteiger partial charge in [0.1, 0.15) is 13.2 Å². The van der Waals surface area contributed by atoms with E-state index in [9.17, 15) is 14.4 Å². The Labute approximate surface area is 407 Å². The SMILES string of the molecule is CC/C=C/C/C=C/C/C=C/C/C=C/CCCCCC(=O)OC(COC(=O)CC/C=C/C/C=C/CCCCCCCC)COC(=O)CCCCCCCCC/C=C/CCCCCCCCCC. The van der Waals surface area contributed by atoms with Gasteiger partial charge in [0, 0.05) is 19.3 Å². The number of unbranched alkanes of at least 4 members (excludes halogenated alkanes) is 24. The van der Waals surface area contributed by atoms with Crippen LogP contribution in [0.25, 0.3) is 0 Å². The van der Waals surface area contributed by atoms with Crippen LogP contribution in [0.4, 0.5) is 0 Å². The van der Waals surface area contributed by atoms with Gasteiger partial charge < -0.3 is 14.2 Å². The van der Waals surface area contributed by atoms with Crippen LogP contribution in [-0.4, -0.2) is 37.2 Å². The molecule has 6 heteroatoms. The van der Waals surface area contributed by atoms with Crippen LogP contribution in [0.15, 0.2) is 85.1 Å². The van der Waals surface area contributed by atoms with Gasteiger partial charge in [0.2, 0.25) is 0 Å². The maximum absolute atomic E-state index is 12.8. The molecule has 0 aliphatic heterocycles. The first-order valence-electron chi connectivity index (χ1n) is 27.6. The van der Waals surface area contributed by atoms with Gasteiger partial charge in [0.25, 0.3) is 0 Å². The van der Waals surface area contributed by atoms with Crippen LogP contribution in [0.2, 0.25) is 0 Å². The zero-order chi connectivity index (χ0) is 47.9. The Hall–Kier alpha value is -3.41. The van der Waals surface area contributed by atoms with E-state index >= 15 is 0 Å². The minimum Gasteiger partial charge on any atom is -0.462 e. The number of ether oxygens (including phenoxy) is 3. The smallest absolute Gasteiger partial charge is 0.306 e. The van der Waals surface area contributed by atoms with Crippen molar-refractivity contribution in [2.24, 2.45) is 0 Å². The number of hydrogen-bond donors (Lipinski definition) is 0. The van der Waals surface area contributed by atoms with E-state index in [1.807, 2.05) is 6.08 Å². The molecule has 0 saturated heterocycles. The van der Waals surface area contributed by atoms with E-state index in [1.165, 1.54) is 128 Å². The van der Waals surface area contributed by atoms with Gasteiger partial charge in [-0.3, -0.25) is 14.4 Å². The van der Waals surface area contributed by atoms with Crippen LogP contribution < -0.4 is 0 Å². The average Bonchev–Trinajstić information content (AvgIpc) is 3.31. The van der Waals surface area contributed by atoms with Gasteiger partial charge >= 0.3 is 17.9 Å². The normalized spacial score (nSPS) is 12.7. The molecule has 1 atom stereocenters. The standard InChI is InChI=1S/C60H102O6/c1-4-7-10-13-16-19-22-25-27-29-30-31-33-35-38-41-44-47-50-53-59(62)65-56-57(55-64-58(61)52-49-46-43-40-37-34-24-21-18-15-12-9-6-3)66-60(63)54-51-48-45-42-39-36-32-28-26-23-20-17-14-11-8-5-2/h8,11,17,20,26,28-30,34,36-37,39,43,46,57H,4-7,9-10,12-16,18-19,21-25,27,31-33,35,38,40-42,44-45,47-56H2,1-3H3/b11-8+,20-17+,28-26+,30-29+,37-34+,39-36+,46-43+. The van der Waals surface area contributed by atoms with Crippen LogP contribution in [0.5, 0.6) is 0 Å². The predicted octanol–water partition coefficient (Wildman–Crippen LogP) is 18.4. The molecule has 66 heavy (non-hydrogen) atoms. The lowest BCUT2D eigenvalue weighted by atomic mass is 10.1. The third-order valence-electron chi connectivity index (χ3n) is 11.6. The van der Waals surface area contributed by atoms with Gasteiger partial charge in [0.15, 0.2) is 6.10 Å². The van der Waals surface area contributed by atoms with E-state index in [2.05, 4.69) is 99.8 Å². The zero-order valence-electron chi connectivity index (χ0n) is 43.2. The van der Waals surface area contributed by atoms with E-state index in [-0.39, 0.29) is 44.0 Å². The quantitative estimate of drug-likeness (QED) is 0.0262. The first-order chi connectivity index (χ1) is 32.5. The minimum atomic E-state index is -0.818. The molecule has 6 nitrogen and oxygen atoms in total. The number of carbonyl (C=O) groups excluding carboxylic acids is 3. The number of hydrogen-bond acceptors (Lipinski definition) is 6. The summed E-state index contributed by atoms with van der Waals surface area (Å²) >= 11 is 0.